The maximum absolute atomic E-state index is 12.0. The first-order valence-corrected chi connectivity index (χ1v) is 8.43. The molecule has 0 aliphatic heterocycles. The fourth-order valence-electron chi connectivity index (χ4n) is 1.56. The fraction of sp³-hybridized carbons (Fsp3) is 0.333. The molecule has 20 heavy (non-hydrogen) atoms. The van der Waals surface area contributed by atoms with E-state index < -0.39 is 10.0 Å². The van der Waals surface area contributed by atoms with Gasteiger partial charge in [-0.1, -0.05) is 6.92 Å². The summed E-state index contributed by atoms with van der Waals surface area (Å²) in [6.07, 6.45) is 0.736. The highest BCUT2D eigenvalue weighted by Crippen LogP contribution is 2.26. The van der Waals surface area contributed by atoms with Crippen LogP contribution in [0, 0.1) is 0 Å². The van der Waals surface area contributed by atoms with Crippen molar-refractivity contribution in [2.24, 2.45) is 7.05 Å². The molecule has 8 heteroatoms. The summed E-state index contributed by atoms with van der Waals surface area (Å²) in [4.78, 5) is 11.3. The Bertz CT molecular complexity index is 762. The Balaban J connectivity index is 2.33. The van der Waals surface area contributed by atoms with E-state index >= 15 is 0 Å². The summed E-state index contributed by atoms with van der Waals surface area (Å²) in [5.74, 6) is 0. The van der Waals surface area contributed by atoms with Crippen LogP contribution in [0.2, 0.25) is 0 Å². The normalized spacial score (nSPS) is 11.7. The topological polar surface area (TPSA) is 81.1 Å². The van der Waals surface area contributed by atoms with Gasteiger partial charge in [0, 0.05) is 30.6 Å². The van der Waals surface area contributed by atoms with Gasteiger partial charge in [0.15, 0.2) is 0 Å². The van der Waals surface area contributed by atoms with Crippen LogP contribution in [0.4, 0.5) is 0 Å². The molecule has 0 radical (unpaired) electrons. The van der Waals surface area contributed by atoms with Crippen molar-refractivity contribution >= 4 is 21.4 Å². The van der Waals surface area contributed by atoms with Crippen molar-refractivity contribution in [3.8, 4) is 11.3 Å². The van der Waals surface area contributed by atoms with Crippen molar-refractivity contribution in [3.05, 3.63) is 33.9 Å². The van der Waals surface area contributed by atoms with Gasteiger partial charge in [0.25, 0.3) is 5.56 Å². The minimum absolute atomic E-state index is 0.207. The Labute approximate surface area is 121 Å². The average molecular weight is 313 g/mol. The van der Waals surface area contributed by atoms with Crippen molar-refractivity contribution < 1.29 is 8.42 Å². The van der Waals surface area contributed by atoms with Gasteiger partial charge in [-0.2, -0.15) is 5.10 Å². The second-order valence-electron chi connectivity index (χ2n) is 4.23. The maximum atomic E-state index is 12.0. The highest BCUT2D eigenvalue weighted by atomic mass is 32.2. The Hall–Kier alpha value is -1.51. The molecular weight excluding hydrogens is 298 g/mol. The molecule has 0 saturated heterocycles. The summed E-state index contributed by atoms with van der Waals surface area (Å²) >= 11 is 1.13. The third kappa shape index (κ3) is 3.14. The quantitative estimate of drug-likeness (QED) is 0.899. The molecular formula is C12H15N3O3S2. The van der Waals surface area contributed by atoms with Gasteiger partial charge in [0.1, 0.15) is 4.21 Å². The van der Waals surface area contributed by atoms with Crippen LogP contribution in [0.25, 0.3) is 11.3 Å². The number of nitrogens with one attached hydrogen (secondary N) is 1. The van der Waals surface area contributed by atoms with Crippen LogP contribution in [0.3, 0.4) is 0 Å². The molecule has 0 unspecified atom stereocenters. The van der Waals surface area contributed by atoms with Gasteiger partial charge in [0.05, 0.1) is 5.69 Å². The summed E-state index contributed by atoms with van der Waals surface area (Å²) < 4.78 is 27.9. The molecule has 0 aliphatic carbocycles. The van der Waals surface area contributed by atoms with Gasteiger partial charge < -0.3 is 0 Å². The zero-order valence-corrected chi connectivity index (χ0v) is 12.8. The molecule has 2 aromatic rings. The number of hydrogen-bond donors (Lipinski definition) is 1. The summed E-state index contributed by atoms with van der Waals surface area (Å²) in [5.41, 5.74) is 1.05. The number of aromatic nitrogens is 2. The lowest BCUT2D eigenvalue weighted by atomic mass is 10.2. The van der Waals surface area contributed by atoms with Crippen LogP contribution < -0.4 is 10.3 Å². The highest BCUT2D eigenvalue weighted by molar-refractivity contribution is 7.91. The van der Waals surface area contributed by atoms with E-state index in [-0.39, 0.29) is 9.77 Å². The van der Waals surface area contributed by atoms with E-state index in [1.54, 1.807) is 24.6 Å². The minimum Gasteiger partial charge on any atom is -0.268 e. The van der Waals surface area contributed by atoms with E-state index in [0.717, 1.165) is 17.8 Å². The number of rotatable bonds is 5. The van der Waals surface area contributed by atoms with Gasteiger partial charge in [-0.3, -0.25) is 4.79 Å². The van der Waals surface area contributed by atoms with Crippen molar-refractivity contribution in [3.63, 3.8) is 0 Å². The van der Waals surface area contributed by atoms with Crippen molar-refractivity contribution in [2.75, 3.05) is 6.54 Å². The second kappa shape index (κ2) is 5.86. The molecule has 0 bridgehead atoms. The summed E-state index contributed by atoms with van der Waals surface area (Å²) in [7, 11) is -1.90. The van der Waals surface area contributed by atoms with E-state index in [1.807, 2.05) is 6.92 Å². The summed E-state index contributed by atoms with van der Waals surface area (Å²) in [6.45, 7) is 2.31. The second-order valence-corrected chi connectivity index (χ2v) is 7.14. The zero-order valence-electron chi connectivity index (χ0n) is 11.2. The largest absolute Gasteiger partial charge is 0.268 e. The van der Waals surface area contributed by atoms with Crippen LogP contribution in [-0.2, 0) is 17.1 Å². The summed E-state index contributed by atoms with van der Waals surface area (Å²) in [5, 5.41) is 5.81. The Morgan fingerprint density at radius 1 is 1.40 bits per heavy atom. The van der Waals surface area contributed by atoms with Crippen LogP contribution in [0.1, 0.15) is 13.3 Å². The standard InChI is InChI=1S/C12H15N3O3S2/c1-3-6-13-20(17,18)12-7-9(8-19-12)10-4-5-11(16)15(2)14-10/h4-5,7-8,13H,3,6H2,1-2H3. The molecule has 0 amide bonds. The van der Waals surface area contributed by atoms with Gasteiger partial charge >= 0.3 is 0 Å². The molecule has 1 N–H and O–H groups in total. The molecule has 2 rings (SSSR count). The van der Waals surface area contributed by atoms with Gasteiger partial charge in [-0.25, -0.2) is 17.8 Å². The number of sulfonamides is 1. The summed E-state index contributed by atoms with van der Waals surface area (Å²) in [6, 6.07) is 4.55. The Morgan fingerprint density at radius 2 is 2.15 bits per heavy atom. The van der Waals surface area contributed by atoms with E-state index in [2.05, 4.69) is 9.82 Å². The van der Waals surface area contributed by atoms with E-state index in [9.17, 15) is 13.2 Å². The molecule has 0 atom stereocenters. The molecule has 108 valence electrons. The molecule has 0 spiro atoms. The van der Waals surface area contributed by atoms with Crippen LogP contribution in [-0.4, -0.2) is 24.7 Å². The molecule has 0 saturated carbocycles. The zero-order chi connectivity index (χ0) is 14.8. The van der Waals surface area contributed by atoms with Crippen LogP contribution in [0.5, 0.6) is 0 Å². The van der Waals surface area contributed by atoms with Gasteiger partial charge in [-0.05, 0) is 18.6 Å². The van der Waals surface area contributed by atoms with E-state index in [4.69, 9.17) is 0 Å². The number of nitrogens with zero attached hydrogens (tertiary/aromatic N) is 2. The molecule has 0 aromatic carbocycles. The lowest BCUT2D eigenvalue weighted by Gasteiger charge is -2.02. The first kappa shape index (κ1) is 14.9. The number of thiophene rings is 1. The van der Waals surface area contributed by atoms with E-state index in [1.165, 1.54) is 10.7 Å². The number of hydrogen-bond acceptors (Lipinski definition) is 5. The first-order chi connectivity index (χ1) is 9.44. The maximum Gasteiger partial charge on any atom is 0.266 e. The predicted octanol–water partition coefficient (Wildman–Crippen LogP) is 1.20. The van der Waals surface area contributed by atoms with Crippen molar-refractivity contribution in [2.45, 2.75) is 17.6 Å². The number of aryl methyl sites for hydroxylation is 1. The minimum atomic E-state index is -3.46. The van der Waals surface area contributed by atoms with Crippen molar-refractivity contribution in [1.29, 1.82) is 0 Å². The van der Waals surface area contributed by atoms with Gasteiger partial charge in [0.2, 0.25) is 10.0 Å². The molecule has 6 nitrogen and oxygen atoms in total. The average Bonchev–Trinajstić information content (AvgIpc) is 2.90. The first-order valence-electron chi connectivity index (χ1n) is 6.07. The fourth-order valence-corrected chi connectivity index (χ4v) is 3.91. The van der Waals surface area contributed by atoms with E-state index in [0.29, 0.717) is 17.8 Å². The lowest BCUT2D eigenvalue weighted by Crippen LogP contribution is -2.23. The highest BCUT2D eigenvalue weighted by Gasteiger charge is 2.16. The monoisotopic (exact) mass is 313 g/mol. The molecule has 0 fully saturated rings. The smallest absolute Gasteiger partial charge is 0.266 e. The van der Waals surface area contributed by atoms with Crippen molar-refractivity contribution in [1.82, 2.24) is 14.5 Å². The predicted molar refractivity (Wildman–Crippen MR) is 78.3 cm³/mol. The SMILES string of the molecule is CCCNS(=O)(=O)c1cc(-c2ccc(=O)n(C)n2)cs1. The molecule has 2 aromatic heterocycles. The lowest BCUT2D eigenvalue weighted by molar-refractivity contribution is 0.583. The Morgan fingerprint density at radius 3 is 2.80 bits per heavy atom. The molecule has 2 heterocycles. The Kier molecular flexibility index (Phi) is 4.36. The van der Waals surface area contributed by atoms with Gasteiger partial charge in [-0.15, -0.1) is 11.3 Å². The van der Waals surface area contributed by atoms with Crippen LogP contribution >= 0.6 is 11.3 Å². The molecule has 0 aliphatic rings. The third-order valence-electron chi connectivity index (χ3n) is 2.64. The van der Waals surface area contributed by atoms with Crippen LogP contribution in [0.15, 0.2) is 32.6 Å². The third-order valence-corrected chi connectivity index (χ3v) is 5.54.